The van der Waals surface area contributed by atoms with Crippen molar-refractivity contribution in [1.29, 1.82) is 0 Å². The number of pyridine rings is 1. The van der Waals surface area contributed by atoms with Gasteiger partial charge in [0.25, 0.3) is 0 Å². The summed E-state index contributed by atoms with van der Waals surface area (Å²) in [5.74, 6) is 0.262. The summed E-state index contributed by atoms with van der Waals surface area (Å²) in [6.45, 7) is 17.2. The van der Waals surface area contributed by atoms with Crippen molar-refractivity contribution < 1.29 is 23.4 Å². The summed E-state index contributed by atoms with van der Waals surface area (Å²) >= 11 is 0. The number of aromatic nitrogens is 1. The monoisotopic (exact) mass is 616 g/mol. The maximum atomic E-state index is 13.3. The van der Waals surface area contributed by atoms with Gasteiger partial charge in [-0.25, -0.2) is 4.39 Å². The number of piperidine rings is 1. The highest BCUT2D eigenvalue weighted by Gasteiger charge is 2.31. The van der Waals surface area contributed by atoms with E-state index in [0.29, 0.717) is 19.6 Å². The van der Waals surface area contributed by atoms with Gasteiger partial charge in [-0.3, -0.25) is 9.78 Å². The number of benzene rings is 2. The van der Waals surface area contributed by atoms with E-state index in [-0.39, 0.29) is 35.8 Å². The Morgan fingerprint density at radius 3 is 2.29 bits per heavy atom. The molecule has 0 saturated carbocycles. The summed E-state index contributed by atoms with van der Waals surface area (Å²) in [7, 11) is 0. The highest BCUT2D eigenvalue weighted by atomic mass is 19.1. The first kappa shape index (κ1) is 34.2. The Hall–Kier alpha value is -3.71. The first-order valence-electron chi connectivity index (χ1n) is 16.2. The molecule has 6 nitrogen and oxygen atoms in total. The Balaban J connectivity index is 1.73. The molecule has 3 aromatic rings. The minimum absolute atomic E-state index is 0.126. The molecule has 0 aliphatic carbocycles. The molecule has 7 heteroatoms. The van der Waals surface area contributed by atoms with Crippen LogP contribution in [0.25, 0.3) is 17.2 Å². The van der Waals surface area contributed by atoms with E-state index >= 15 is 0 Å². The smallest absolute Gasteiger partial charge is 0.310 e. The predicted molar refractivity (Wildman–Crippen MR) is 180 cm³/mol. The van der Waals surface area contributed by atoms with Gasteiger partial charge in [0.15, 0.2) is 0 Å². The Kier molecular flexibility index (Phi) is 11.8. The van der Waals surface area contributed by atoms with Crippen molar-refractivity contribution in [2.45, 2.75) is 86.4 Å². The molecular weight excluding hydrogens is 567 g/mol. The topological polar surface area (TPSA) is 60.9 Å². The van der Waals surface area contributed by atoms with Gasteiger partial charge in [-0.15, -0.1) is 0 Å². The third-order valence-electron chi connectivity index (χ3n) is 8.14. The summed E-state index contributed by atoms with van der Waals surface area (Å²) in [4.78, 5) is 20.5. The number of rotatable bonds is 13. The molecule has 1 aliphatic heterocycles. The SMILES string of the molecule is Cc1nc(/C=C\COC(C)C)c(-c2ccc(OCCc3ccc(F)cc3)cc2)c(N2CCC(C)(C)CC2)c1CC(=O)OC(C)C. The Morgan fingerprint density at radius 1 is 1.00 bits per heavy atom. The molecule has 2 aromatic carbocycles. The van der Waals surface area contributed by atoms with Crippen LogP contribution in [0.5, 0.6) is 5.75 Å². The van der Waals surface area contributed by atoms with E-state index in [0.717, 1.165) is 71.0 Å². The summed E-state index contributed by atoms with van der Waals surface area (Å²) < 4.78 is 30.7. The second-order valence-corrected chi connectivity index (χ2v) is 13.2. The number of nitrogens with zero attached hydrogens (tertiary/aromatic N) is 2. The van der Waals surface area contributed by atoms with Gasteiger partial charge in [0.1, 0.15) is 11.6 Å². The van der Waals surface area contributed by atoms with Crippen molar-refractivity contribution in [1.82, 2.24) is 4.98 Å². The molecule has 1 aromatic heterocycles. The number of hydrogen-bond acceptors (Lipinski definition) is 6. The Morgan fingerprint density at radius 2 is 1.67 bits per heavy atom. The maximum absolute atomic E-state index is 13.3. The lowest BCUT2D eigenvalue weighted by Gasteiger charge is -2.40. The van der Waals surface area contributed by atoms with Crippen LogP contribution < -0.4 is 9.64 Å². The molecular formula is C38H49FN2O4. The van der Waals surface area contributed by atoms with Crippen LogP contribution in [0.3, 0.4) is 0 Å². The number of aryl methyl sites for hydroxylation is 1. The molecule has 1 aliphatic rings. The largest absolute Gasteiger partial charge is 0.493 e. The molecule has 0 unspecified atom stereocenters. The number of esters is 1. The molecule has 242 valence electrons. The number of carbonyl (C=O) groups excluding carboxylic acids is 1. The fourth-order valence-corrected chi connectivity index (χ4v) is 5.56. The van der Waals surface area contributed by atoms with E-state index in [1.807, 2.05) is 58.9 Å². The molecule has 4 rings (SSSR count). The average Bonchev–Trinajstić information content (AvgIpc) is 2.97. The van der Waals surface area contributed by atoms with E-state index in [9.17, 15) is 9.18 Å². The number of halogens is 1. The number of carbonyl (C=O) groups is 1. The predicted octanol–water partition coefficient (Wildman–Crippen LogP) is 8.38. The average molecular weight is 617 g/mol. The Bertz CT molecular complexity index is 1440. The van der Waals surface area contributed by atoms with E-state index < -0.39 is 0 Å². The second kappa shape index (κ2) is 15.5. The molecule has 0 N–H and O–H groups in total. The first-order chi connectivity index (χ1) is 21.4. The molecule has 2 heterocycles. The molecule has 1 saturated heterocycles. The molecule has 0 spiro atoms. The third-order valence-corrected chi connectivity index (χ3v) is 8.14. The highest BCUT2D eigenvalue weighted by molar-refractivity contribution is 5.90. The lowest BCUT2D eigenvalue weighted by molar-refractivity contribution is -0.146. The van der Waals surface area contributed by atoms with Gasteiger partial charge in [-0.05, 0) is 94.3 Å². The summed E-state index contributed by atoms with van der Waals surface area (Å²) in [5.41, 5.74) is 6.89. The highest BCUT2D eigenvalue weighted by Crippen LogP contribution is 2.42. The molecule has 0 amide bonds. The molecule has 0 bridgehead atoms. The van der Waals surface area contributed by atoms with Crippen LogP contribution in [-0.4, -0.2) is 49.5 Å². The summed E-state index contributed by atoms with van der Waals surface area (Å²) in [6.07, 6.45) is 6.92. The lowest BCUT2D eigenvalue weighted by Crippen LogP contribution is -2.38. The van der Waals surface area contributed by atoms with E-state index in [1.54, 1.807) is 12.1 Å². The van der Waals surface area contributed by atoms with Crippen LogP contribution in [0.4, 0.5) is 10.1 Å². The van der Waals surface area contributed by atoms with Crippen molar-refractivity contribution in [2.75, 3.05) is 31.2 Å². The van der Waals surface area contributed by atoms with Gasteiger partial charge in [-0.1, -0.05) is 44.2 Å². The van der Waals surface area contributed by atoms with Gasteiger partial charge in [0.2, 0.25) is 0 Å². The van der Waals surface area contributed by atoms with Gasteiger partial charge in [0.05, 0.1) is 43.2 Å². The maximum Gasteiger partial charge on any atom is 0.310 e. The molecule has 45 heavy (non-hydrogen) atoms. The van der Waals surface area contributed by atoms with E-state index in [1.165, 1.54) is 12.1 Å². The zero-order valence-corrected chi connectivity index (χ0v) is 28.0. The van der Waals surface area contributed by atoms with Gasteiger partial charge in [0, 0.05) is 36.3 Å². The van der Waals surface area contributed by atoms with Crippen molar-refractivity contribution in [2.24, 2.45) is 5.41 Å². The van der Waals surface area contributed by atoms with Gasteiger partial charge < -0.3 is 19.1 Å². The van der Waals surface area contributed by atoms with Crippen molar-refractivity contribution in [3.8, 4) is 16.9 Å². The zero-order chi connectivity index (χ0) is 32.6. The van der Waals surface area contributed by atoms with Crippen LogP contribution in [0.15, 0.2) is 54.6 Å². The molecule has 1 fully saturated rings. The minimum Gasteiger partial charge on any atom is -0.493 e. The number of anilines is 1. The van der Waals surface area contributed by atoms with Crippen LogP contribution in [0.2, 0.25) is 0 Å². The minimum atomic E-state index is -0.252. The fourth-order valence-electron chi connectivity index (χ4n) is 5.56. The second-order valence-electron chi connectivity index (χ2n) is 13.2. The first-order valence-corrected chi connectivity index (χ1v) is 16.2. The van der Waals surface area contributed by atoms with Crippen LogP contribution in [0, 0.1) is 18.2 Å². The Labute approximate surface area is 268 Å². The standard InChI is InChI=1S/C38H49FN2O4/c1-26(2)43-23-8-9-34-36(30-12-16-32(17-13-30)44-24-18-29-10-14-31(39)15-11-29)37(41-21-19-38(6,7)20-22-41)33(28(5)40-34)25-35(42)45-27(3)4/h8-17,26-27H,18-25H2,1-7H3/b9-8-. The number of hydrogen-bond donors (Lipinski definition) is 0. The van der Waals surface area contributed by atoms with Gasteiger partial charge in [-0.2, -0.15) is 0 Å². The summed E-state index contributed by atoms with van der Waals surface area (Å²) in [6, 6.07) is 14.6. The van der Waals surface area contributed by atoms with Crippen molar-refractivity contribution in [3.63, 3.8) is 0 Å². The lowest BCUT2D eigenvalue weighted by atomic mass is 9.82. The third kappa shape index (κ3) is 9.89. The van der Waals surface area contributed by atoms with E-state index in [2.05, 4.69) is 30.9 Å². The number of ether oxygens (including phenoxy) is 3. The van der Waals surface area contributed by atoms with E-state index in [4.69, 9.17) is 19.2 Å². The normalized spacial score (nSPS) is 14.8. The summed E-state index contributed by atoms with van der Waals surface area (Å²) in [5, 5.41) is 0. The van der Waals surface area contributed by atoms with Crippen molar-refractivity contribution in [3.05, 3.63) is 82.9 Å². The molecule has 0 radical (unpaired) electrons. The van der Waals surface area contributed by atoms with Crippen LogP contribution in [0.1, 0.15) is 76.9 Å². The van der Waals surface area contributed by atoms with Crippen LogP contribution in [-0.2, 0) is 27.1 Å². The quantitative estimate of drug-likeness (QED) is 0.180. The zero-order valence-electron chi connectivity index (χ0n) is 28.0. The van der Waals surface area contributed by atoms with Crippen LogP contribution >= 0.6 is 0 Å². The van der Waals surface area contributed by atoms with Crippen molar-refractivity contribution >= 4 is 17.7 Å². The molecule has 0 atom stereocenters. The fraction of sp³-hybridized carbons (Fsp3) is 0.474. The van der Waals surface area contributed by atoms with Gasteiger partial charge >= 0.3 is 5.97 Å².